The van der Waals surface area contributed by atoms with Crippen molar-refractivity contribution in [1.82, 2.24) is 5.16 Å². The molecule has 0 aliphatic heterocycles. The molecule has 1 N–H and O–H groups in total. The van der Waals surface area contributed by atoms with Crippen molar-refractivity contribution in [2.45, 2.75) is 0 Å². The highest BCUT2D eigenvalue weighted by molar-refractivity contribution is 6.35. The van der Waals surface area contributed by atoms with Gasteiger partial charge in [0, 0.05) is 22.2 Å². The normalized spacial score (nSPS) is 10.6. The molecule has 0 spiro atoms. The lowest BCUT2D eigenvalue weighted by molar-refractivity contribution is -0.142. The molecule has 22 heavy (non-hydrogen) atoms. The van der Waals surface area contributed by atoms with Gasteiger partial charge in [0.25, 0.3) is 5.91 Å². The first-order valence-electron chi connectivity index (χ1n) is 6.05. The van der Waals surface area contributed by atoms with Gasteiger partial charge in [-0.3, -0.25) is 4.79 Å². The van der Waals surface area contributed by atoms with E-state index < -0.39 is 18.5 Å². The summed E-state index contributed by atoms with van der Waals surface area (Å²) in [4.78, 5) is 23.0. The lowest BCUT2D eigenvalue weighted by Crippen LogP contribution is -2.20. The molecular formula is C14H10Cl2N2O4. The molecule has 2 aromatic rings. The van der Waals surface area contributed by atoms with Crippen LogP contribution in [0.15, 0.2) is 41.1 Å². The maximum atomic E-state index is 11.5. The summed E-state index contributed by atoms with van der Waals surface area (Å²) in [5.74, 6) is -0.967. The summed E-state index contributed by atoms with van der Waals surface area (Å²) in [6, 6.07) is 6.32. The van der Waals surface area contributed by atoms with Crippen molar-refractivity contribution in [1.29, 1.82) is 0 Å². The predicted octanol–water partition coefficient (Wildman–Crippen LogP) is 3.18. The van der Waals surface area contributed by atoms with E-state index in [0.717, 1.165) is 0 Å². The Morgan fingerprint density at radius 2 is 2.14 bits per heavy atom. The Labute approximate surface area is 135 Å². The molecule has 8 heteroatoms. The Balaban J connectivity index is 1.82. The van der Waals surface area contributed by atoms with Gasteiger partial charge in [-0.1, -0.05) is 34.4 Å². The highest BCUT2D eigenvalue weighted by Gasteiger charge is 2.07. The summed E-state index contributed by atoms with van der Waals surface area (Å²) in [5.41, 5.74) is 0.607. The van der Waals surface area contributed by atoms with Crippen LogP contribution in [0.2, 0.25) is 10.0 Å². The van der Waals surface area contributed by atoms with Crippen molar-refractivity contribution in [3.63, 3.8) is 0 Å². The Kier molecular flexibility index (Phi) is 5.57. The monoisotopic (exact) mass is 340 g/mol. The highest BCUT2D eigenvalue weighted by atomic mass is 35.5. The van der Waals surface area contributed by atoms with Gasteiger partial charge in [0.05, 0.1) is 0 Å². The Bertz CT molecular complexity index is 699. The summed E-state index contributed by atoms with van der Waals surface area (Å²) >= 11 is 11.7. The molecule has 0 radical (unpaired) electrons. The maximum absolute atomic E-state index is 11.5. The number of aromatic nitrogens is 1. The van der Waals surface area contributed by atoms with Crippen LogP contribution in [-0.4, -0.2) is 23.6 Å². The van der Waals surface area contributed by atoms with Crippen LogP contribution < -0.4 is 5.32 Å². The van der Waals surface area contributed by atoms with E-state index in [1.165, 1.54) is 24.5 Å². The number of anilines is 1. The second-order valence-electron chi connectivity index (χ2n) is 4.04. The fraction of sp³-hybridized carbons (Fsp3) is 0.0714. The number of ether oxygens (including phenoxy) is 1. The number of halogens is 2. The van der Waals surface area contributed by atoms with Gasteiger partial charge in [0.1, 0.15) is 6.26 Å². The highest BCUT2D eigenvalue weighted by Crippen LogP contribution is 2.21. The van der Waals surface area contributed by atoms with Crippen LogP contribution in [0, 0.1) is 0 Å². The first kappa shape index (κ1) is 16.1. The van der Waals surface area contributed by atoms with Gasteiger partial charge in [-0.05, 0) is 23.8 Å². The number of nitrogens with one attached hydrogen (secondary N) is 1. The Morgan fingerprint density at radius 3 is 2.82 bits per heavy atom. The predicted molar refractivity (Wildman–Crippen MR) is 81.6 cm³/mol. The van der Waals surface area contributed by atoms with E-state index in [1.54, 1.807) is 18.2 Å². The van der Waals surface area contributed by atoms with Gasteiger partial charge in [0.15, 0.2) is 12.4 Å². The van der Waals surface area contributed by atoms with Crippen molar-refractivity contribution in [3.05, 3.63) is 52.2 Å². The Morgan fingerprint density at radius 1 is 1.32 bits per heavy atom. The molecule has 0 atom stereocenters. The van der Waals surface area contributed by atoms with Crippen LogP contribution >= 0.6 is 23.2 Å². The molecule has 0 aliphatic carbocycles. The third kappa shape index (κ3) is 4.91. The molecule has 0 saturated heterocycles. The van der Waals surface area contributed by atoms with Crippen LogP contribution in [-0.2, 0) is 14.3 Å². The van der Waals surface area contributed by atoms with Crippen molar-refractivity contribution in [3.8, 4) is 0 Å². The summed E-state index contributed by atoms with van der Waals surface area (Å²) < 4.78 is 9.32. The first-order valence-corrected chi connectivity index (χ1v) is 6.80. The van der Waals surface area contributed by atoms with E-state index in [4.69, 9.17) is 27.9 Å². The van der Waals surface area contributed by atoms with Crippen LogP contribution in [0.1, 0.15) is 5.56 Å². The number of hydrogen-bond acceptors (Lipinski definition) is 5. The second-order valence-corrected chi connectivity index (χ2v) is 4.88. The van der Waals surface area contributed by atoms with Gasteiger partial charge in [-0.2, -0.15) is 0 Å². The minimum atomic E-state index is -0.679. The van der Waals surface area contributed by atoms with Crippen LogP contribution in [0.3, 0.4) is 0 Å². The number of rotatable bonds is 5. The summed E-state index contributed by atoms with van der Waals surface area (Å²) in [6.45, 7) is -0.440. The van der Waals surface area contributed by atoms with Crippen LogP contribution in [0.25, 0.3) is 6.08 Å². The van der Waals surface area contributed by atoms with E-state index in [1.807, 2.05) is 0 Å². The van der Waals surface area contributed by atoms with Crippen LogP contribution in [0.4, 0.5) is 5.82 Å². The van der Waals surface area contributed by atoms with Gasteiger partial charge in [-0.15, -0.1) is 0 Å². The van der Waals surface area contributed by atoms with E-state index in [0.29, 0.717) is 15.6 Å². The molecule has 1 amide bonds. The van der Waals surface area contributed by atoms with Gasteiger partial charge >= 0.3 is 5.97 Å². The van der Waals surface area contributed by atoms with Gasteiger partial charge in [-0.25, -0.2) is 4.79 Å². The van der Waals surface area contributed by atoms with Gasteiger partial charge < -0.3 is 14.6 Å². The topological polar surface area (TPSA) is 81.4 Å². The number of benzene rings is 1. The number of hydrogen-bond donors (Lipinski definition) is 1. The minimum Gasteiger partial charge on any atom is -0.452 e. The fourth-order valence-corrected chi connectivity index (χ4v) is 1.91. The largest absolute Gasteiger partial charge is 0.452 e. The maximum Gasteiger partial charge on any atom is 0.331 e. The molecule has 0 unspecified atom stereocenters. The van der Waals surface area contributed by atoms with Crippen LogP contribution in [0.5, 0.6) is 0 Å². The van der Waals surface area contributed by atoms with E-state index >= 15 is 0 Å². The molecule has 1 aromatic carbocycles. The molecule has 0 saturated carbocycles. The molecule has 0 aliphatic rings. The third-order valence-corrected chi connectivity index (χ3v) is 2.97. The molecule has 0 bridgehead atoms. The van der Waals surface area contributed by atoms with Crippen molar-refractivity contribution in [2.75, 3.05) is 11.9 Å². The number of amides is 1. The number of nitrogens with zero attached hydrogens (tertiary/aromatic N) is 1. The van der Waals surface area contributed by atoms with Crippen molar-refractivity contribution < 1.29 is 18.8 Å². The summed E-state index contributed by atoms with van der Waals surface area (Å²) in [7, 11) is 0. The van der Waals surface area contributed by atoms with E-state index in [9.17, 15) is 9.59 Å². The second kappa shape index (κ2) is 7.63. The Hall–Kier alpha value is -2.31. The quantitative estimate of drug-likeness (QED) is 0.667. The zero-order chi connectivity index (χ0) is 15.9. The number of esters is 1. The summed E-state index contributed by atoms with van der Waals surface area (Å²) in [5, 5.41) is 6.77. The molecule has 0 fully saturated rings. The molecular weight excluding hydrogens is 331 g/mol. The zero-order valence-corrected chi connectivity index (χ0v) is 12.6. The number of carbonyl (C=O) groups excluding carboxylic acids is 2. The van der Waals surface area contributed by atoms with Gasteiger partial charge in [0.2, 0.25) is 0 Å². The molecule has 6 nitrogen and oxygen atoms in total. The average molecular weight is 341 g/mol. The van der Waals surface area contributed by atoms with Crippen molar-refractivity contribution >= 4 is 47.0 Å². The molecule has 1 heterocycles. The lowest BCUT2D eigenvalue weighted by atomic mass is 10.2. The fourth-order valence-electron chi connectivity index (χ4n) is 1.44. The standard InChI is InChI=1S/C14H10Cl2N2O4/c15-10-3-1-9(11(16)7-10)2-4-14(20)21-8-13(19)17-12-5-6-22-18-12/h1-7H,8H2,(H,17,18,19)/b4-2+. The smallest absolute Gasteiger partial charge is 0.331 e. The van der Waals surface area contributed by atoms with E-state index in [-0.39, 0.29) is 5.82 Å². The summed E-state index contributed by atoms with van der Waals surface area (Å²) in [6.07, 6.45) is 3.94. The average Bonchev–Trinajstić information content (AvgIpc) is 2.97. The third-order valence-electron chi connectivity index (χ3n) is 2.41. The van der Waals surface area contributed by atoms with E-state index in [2.05, 4.69) is 15.0 Å². The first-order chi connectivity index (χ1) is 10.5. The minimum absolute atomic E-state index is 0.240. The molecule has 2 rings (SSSR count). The number of carbonyl (C=O) groups is 2. The molecule has 114 valence electrons. The SMILES string of the molecule is O=C(COC(=O)/C=C/c1ccc(Cl)cc1Cl)Nc1ccon1. The zero-order valence-electron chi connectivity index (χ0n) is 11.1. The lowest BCUT2D eigenvalue weighted by Gasteiger charge is -2.02. The van der Waals surface area contributed by atoms with Crippen molar-refractivity contribution in [2.24, 2.45) is 0 Å². The molecule has 1 aromatic heterocycles.